The number of hydrogen-bond acceptors (Lipinski definition) is 3. The summed E-state index contributed by atoms with van der Waals surface area (Å²) in [5, 5.41) is 5.32. The van der Waals surface area contributed by atoms with E-state index in [9.17, 15) is 18.8 Å². The van der Waals surface area contributed by atoms with Crippen LogP contribution in [0.3, 0.4) is 0 Å². The van der Waals surface area contributed by atoms with Crippen LogP contribution in [0.2, 0.25) is 0 Å². The third-order valence-electron chi connectivity index (χ3n) is 3.98. The molecule has 0 aromatic heterocycles. The van der Waals surface area contributed by atoms with E-state index in [1.54, 1.807) is 6.08 Å². The minimum Gasteiger partial charge on any atom is -0.329 e. The number of hydrogen-bond donors (Lipinski definition) is 2. The number of carbonyl (C=O) groups is 3. The maximum Gasteiger partial charge on any atom is 0.229 e. The lowest BCUT2D eigenvalue weighted by Crippen LogP contribution is -2.47. The van der Waals surface area contributed by atoms with E-state index in [0.29, 0.717) is 24.2 Å². The van der Waals surface area contributed by atoms with Gasteiger partial charge in [-0.1, -0.05) is 6.08 Å². The van der Waals surface area contributed by atoms with Gasteiger partial charge in [0.1, 0.15) is 11.6 Å². The summed E-state index contributed by atoms with van der Waals surface area (Å²) in [6, 6.07) is 5.35. The third-order valence-corrected chi connectivity index (χ3v) is 3.98. The predicted molar refractivity (Wildman–Crippen MR) is 77.1 cm³/mol. The number of piperidine rings is 1. The molecule has 1 fully saturated rings. The number of allylic oxidation sites excluding steroid dienone is 2. The van der Waals surface area contributed by atoms with Gasteiger partial charge in [-0.2, -0.15) is 0 Å². The van der Waals surface area contributed by atoms with Crippen LogP contribution >= 0.6 is 0 Å². The van der Waals surface area contributed by atoms with E-state index < -0.39 is 23.6 Å². The predicted octanol–water partition coefficient (Wildman–Crippen LogP) is 1.76. The molecule has 2 atom stereocenters. The van der Waals surface area contributed by atoms with Crippen LogP contribution in [-0.4, -0.2) is 17.6 Å². The molecule has 0 bridgehead atoms. The van der Waals surface area contributed by atoms with Gasteiger partial charge < -0.3 is 10.6 Å². The number of benzene rings is 1. The van der Waals surface area contributed by atoms with Crippen LogP contribution < -0.4 is 10.6 Å². The average Bonchev–Trinajstić information content (AvgIpc) is 2.48. The summed E-state index contributed by atoms with van der Waals surface area (Å²) < 4.78 is 12.9. The number of amides is 2. The second-order valence-corrected chi connectivity index (χ2v) is 5.50. The van der Waals surface area contributed by atoms with Crippen LogP contribution in [0.25, 0.3) is 0 Å². The Balaban J connectivity index is 1.81. The highest BCUT2D eigenvalue weighted by atomic mass is 19.1. The van der Waals surface area contributed by atoms with Crippen LogP contribution in [0.4, 0.5) is 10.1 Å². The summed E-state index contributed by atoms with van der Waals surface area (Å²) >= 11 is 0. The zero-order chi connectivity index (χ0) is 15.7. The highest BCUT2D eigenvalue weighted by Gasteiger charge is 2.42. The van der Waals surface area contributed by atoms with Crippen molar-refractivity contribution in [3.8, 4) is 0 Å². The zero-order valence-electron chi connectivity index (χ0n) is 11.8. The number of Topliss-reactive ketones (excluding diaryl/α,β-unsaturated/α-hetero) is 1. The summed E-state index contributed by atoms with van der Waals surface area (Å²) in [6.45, 7) is 0. The Morgan fingerprint density at radius 3 is 2.68 bits per heavy atom. The van der Waals surface area contributed by atoms with Gasteiger partial charge in [0.05, 0.1) is 11.8 Å². The van der Waals surface area contributed by atoms with Crippen LogP contribution in [-0.2, 0) is 14.4 Å². The molecule has 5 nitrogen and oxygen atoms in total. The quantitative estimate of drug-likeness (QED) is 0.874. The highest BCUT2D eigenvalue weighted by Crippen LogP contribution is 2.33. The summed E-state index contributed by atoms with van der Waals surface area (Å²) in [7, 11) is 0. The molecule has 6 heteroatoms. The molecule has 22 heavy (non-hydrogen) atoms. The Bertz CT molecular complexity index is 666. The molecule has 2 amide bonds. The van der Waals surface area contributed by atoms with Gasteiger partial charge in [-0.3, -0.25) is 14.4 Å². The van der Waals surface area contributed by atoms with Gasteiger partial charge in [-0.05, 0) is 30.7 Å². The second kappa shape index (κ2) is 5.71. The van der Waals surface area contributed by atoms with Gasteiger partial charge in [0.25, 0.3) is 0 Å². The number of carbonyl (C=O) groups excluding carboxylic acids is 3. The molecule has 0 unspecified atom stereocenters. The van der Waals surface area contributed by atoms with Gasteiger partial charge in [0.2, 0.25) is 11.8 Å². The van der Waals surface area contributed by atoms with Gasteiger partial charge in [0.15, 0.2) is 0 Å². The van der Waals surface area contributed by atoms with E-state index >= 15 is 0 Å². The minimum absolute atomic E-state index is 0.0270. The SMILES string of the molecule is O=C1C[C@H](C(=O)Nc2ccc(F)cc2)[C@H]2C(=O)CCC=C2N1. The van der Waals surface area contributed by atoms with Crippen molar-refractivity contribution in [2.75, 3.05) is 5.32 Å². The lowest BCUT2D eigenvalue weighted by molar-refractivity contribution is -0.135. The molecular formula is C16H15FN2O3. The standard InChI is InChI=1S/C16H15FN2O3/c17-9-4-6-10(7-5-9)18-16(22)11-8-14(21)19-12-2-1-3-13(20)15(11)12/h2,4-7,11,15H,1,3,8H2,(H,18,22)(H,19,21)/t11-,15+/m0/s1. The molecule has 3 rings (SSSR count). The monoisotopic (exact) mass is 302 g/mol. The molecule has 1 aromatic rings. The molecule has 1 saturated heterocycles. The highest BCUT2D eigenvalue weighted by molar-refractivity contribution is 6.02. The molecule has 0 spiro atoms. The maximum absolute atomic E-state index is 12.9. The average molecular weight is 302 g/mol. The van der Waals surface area contributed by atoms with E-state index in [1.807, 2.05) is 0 Å². The molecule has 1 aliphatic heterocycles. The van der Waals surface area contributed by atoms with Crippen LogP contribution in [0.15, 0.2) is 36.0 Å². The van der Waals surface area contributed by atoms with Crippen LogP contribution in [0, 0.1) is 17.7 Å². The first-order valence-electron chi connectivity index (χ1n) is 7.13. The number of rotatable bonds is 2. The lowest BCUT2D eigenvalue weighted by atomic mass is 9.76. The molecular weight excluding hydrogens is 287 g/mol. The van der Waals surface area contributed by atoms with E-state index in [1.165, 1.54) is 24.3 Å². The van der Waals surface area contributed by atoms with Gasteiger partial charge in [-0.25, -0.2) is 4.39 Å². The topological polar surface area (TPSA) is 75.3 Å². The molecule has 2 aliphatic rings. The van der Waals surface area contributed by atoms with Gasteiger partial charge in [-0.15, -0.1) is 0 Å². The summed E-state index contributed by atoms with van der Waals surface area (Å²) in [5.41, 5.74) is 0.970. The minimum atomic E-state index is -0.724. The fraction of sp³-hybridized carbons (Fsp3) is 0.312. The first kappa shape index (κ1) is 14.4. The molecule has 114 valence electrons. The van der Waals surface area contributed by atoms with Crippen molar-refractivity contribution in [3.63, 3.8) is 0 Å². The van der Waals surface area contributed by atoms with E-state index in [-0.39, 0.29) is 18.1 Å². The van der Waals surface area contributed by atoms with Crippen molar-refractivity contribution < 1.29 is 18.8 Å². The largest absolute Gasteiger partial charge is 0.329 e. The second-order valence-electron chi connectivity index (χ2n) is 5.50. The third kappa shape index (κ3) is 2.77. The van der Waals surface area contributed by atoms with Gasteiger partial charge in [0, 0.05) is 24.2 Å². The Labute approximate surface area is 126 Å². The Hall–Kier alpha value is -2.50. The van der Waals surface area contributed by atoms with Crippen molar-refractivity contribution in [2.24, 2.45) is 11.8 Å². The smallest absolute Gasteiger partial charge is 0.229 e. The van der Waals surface area contributed by atoms with Crippen molar-refractivity contribution in [1.82, 2.24) is 5.32 Å². The molecule has 1 heterocycles. The van der Waals surface area contributed by atoms with E-state index in [4.69, 9.17) is 0 Å². The molecule has 0 saturated carbocycles. The summed E-state index contributed by atoms with van der Waals surface area (Å²) in [6.07, 6.45) is 2.74. The zero-order valence-corrected chi connectivity index (χ0v) is 11.8. The summed E-state index contributed by atoms with van der Waals surface area (Å²) in [4.78, 5) is 36.3. The Morgan fingerprint density at radius 1 is 1.23 bits per heavy atom. The fourth-order valence-electron chi connectivity index (χ4n) is 2.94. The Kier molecular flexibility index (Phi) is 3.75. The van der Waals surface area contributed by atoms with Gasteiger partial charge >= 0.3 is 0 Å². The number of halogens is 1. The fourth-order valence-corrected chi connectivity index (χ4v) is 2.94. The van der Waals surface area contributed by atoms with Crippen LogP contribution in [0.5, 0.6) is 0 Å². The molecule has 1 aromatic carbocycles. The first-order valence-corrected chi connectivity index (χ1v) is 7.13. The van der Waals surface area contributed by atoms with Crippen molar-refractivity contribution in [2.45, 2.75) is 19.3 Å². The molecule has 2 N–H and O–H groups in total. The number of anilines is 1. The van der Waals surface area contributed by atoms with Crippen molar-refractivity contribution >= 4 is 23.3 Å². The number of ketones is 1. The van der Waals surface area contributed by atoms with E-state index in [0.717, 1.165) is 0 Å². The summed E-state index contributed by atoms with van der Waals surface area (Å²) in [5.74, 6) is -2.41. The normalized spacial score (nSPS) is 24.1. The lowest BCUT2D eigenvalue weighted by Gasteiger charge is -2.34. The maximum atomic E-state index is 12.9. The van der Waals surface area contributed by atoms with Crippen molar-refractivity contribution in [1.29, 1.82) is 0 Å². The first-order chi connectivity index (χ1) is 10.5. The number of nitrogens with one attached hydrogen (secondary N) is 2. The number of fused-ring (bicyclic) bond motifs is 1. The molecule has 0 radical (unpaired) electrons. The van der Waals surface area contributed by atoms with Crippen molar-refractivity contribution in [3.05, 3.63) is 41.9 Å². The van der Waals surface area contributed by atoms with E-state index in [2.05, 4.69) is 10.6 Å². The Morgan fingerprint density at radius 2 is 1.95 bits per heavy atom. The van der Waals surface area contributed by atoms with Crippen LogP contribution in [0.1, 0.15) is 19.3 Å². The molecule has 1 aliphatic carbocycles.